The van der Waals surface area contributed by atoms with Gasteiger partial charge in [-0.2, -0.15) is 0 Å². The van der Waals surface area contributed by atoms with Crippen molar-refractivity contribution in [1.82, 2.24) is 10.2 Å². The summed E-state index contributed by atoms with van der Waals surface area (Å²) in [5.41, 5.74) is 3.23. The van der Waals surface area contributed by atoms with Crippen molar-refractivity contribution in [3.8, 4) is 11.1 Å². The highest BCUT2D eigenvalue weighted by Crippen LogP contribution is 2.44. The molecule has 1 atom stereocenters. The van der Waals surface area contributed by atoms with Crippen LogP contribution in [-0.4, -0.2) is 53.2 Å². The fourth-order valence-corrected chi connectivity index (χ4v) is 4.18. The van der Waals surface area contributed by atoms with E-state index in [0.29, 0.717) is 6.42 Å². The van der Waals surface area contributed by atoms with E-state index >= 15 is 0 Å². The number of likely N-dealkylation sites (N-methyl/N-ethyl adjacent to an activating group) is 1. The van der Waals surface area contributed by atoms with Crippen LogP contribution < -0.4 is 5.32 Å². The summed E-state index contributed by atoms with van der Waals surface area (Å²) in [6, 6.07) is 15.8. The van der Waals surface area contributed by atoms with Gasteiger partial charge < -0.3 is 20.1 Å². The Bertz CT molecular complexity index is 987. The van der Waals surface area contributed by atoms with Gasteiger partial charge in [0.05, 0.1) is 0 Å². The summed E-state index contributed by atoms with van der Waals surface area (Å²) in [7, 11) is 1.47. The smallest absolute Gasteiger partial charge is 0.407 e. The van der Waals surface area contributed by atoms with Gasteiger partial charge in [-0.15, -0.1) is 0 Å². The van der Waals surface area contributed by atoms with E-state index in [-0.39, 0.29) is 24.9 Å². The molecular weight excluding hydrogens is 420 g/mol. The quantitative estimate of drug-likeness (QED) is 0.588. The van der Waals surface area contributed by atoms with Crippen LogP contribution >= 0.6 is 0 Å². The van der Waals surface area contributed by atoms with Crippen LogP contribution in [0.4, 0.5) is 4.79 Å². The third kappa shape index (κ3) is 5.18. The number of ether oxygens (including phenoxy) is 1. The fourth-order valence-electron chi connectivity index (χ4n) is 4.18. The number of benzene rings is 2. The number of carboxylic acids is 1. The standard InChI is InChI=1S/C26H32N2O5/c1-5-10-17(15-23(29)28(4)26(2,3)24(30)31)27-25(32)33-16-22-20-13-8-6-11-18(20)19-12-7-9-14-21(19)22/h6-9,11-14,17,22H,5,10,15-16H2,1-4H3,(H,27,32)(H,30,31)/t17-/m1/s1. The van der Waals surface area contributed by atoms with E-state index in [4.69, 9.17) is 4.74 Å². The minimum atomic E-state index is -1.34. The Morgan fingerprint density at radius 3 is 2.12 bits per heavy atom. The van der Waals surface area contributed by atoms with Gasteiger partial charge in [-0.1, -0.05) is 61.9 Å². The predicted molar refractivity (Wildman–Crippen MR) is 126 cm³/mol. The van der Waals surface area contributed by atoms with Crippen LogP contribution in [0.5, 0.6) is 0 Å². The fraction of sp³-hybridized carbons (Fsp3) is 0.423. The summed E-state index contributed by atoms with van der Waals surface area (Å²) in [6.07, 6.45) is 0.763. The third-order valence-electron chi connectivity index (χ3n) is 6.46. The van der Waals surface area contributed by atoms with Gasteiger partial charge in [0.15, 0.2) is 0 Å². The number of hydrogen-bond donors (Lipinski definition) is 2. The number of carboxylic acid groups (broad SMARTS) is 1. The minimum Gasteiger partial charge on any atom is -0.480 e. The number of carbonyl (C=O) groups excluding carboxylic acids is 2. The monoisotopic (exact) mass is 452 g/mol. The van der Waals surface area contributed by atoms with E-state index in [1.54, 1.807) is 0 Å². The number of fused-ring (bicyclic) bond motifs is 3. The Hall–Kier alpha value is -3.35. The number of rotatable bonds is 9. The SMILES string of the molecule is CCC[C@H](CC(=O)N(C)C(C)(C)C(=O)O)NC(=O)OCC1c2ccccc2-c2ccccc21. The number of alkyl carbamates (subject to hydrolysis) is 1. The van der Waals surface area contributed by atoms with Crippen molar-refractivity contribution in [3.63, 3.8) is 0 Å². The number of carbonyl (C=O) groups is 3. The summed E-state index contributed by atoms with van der Waals surface area (Å²) in [5, 5.41) is 12.2. The first kappa shape index (κ1) is 24.3. The molecular formula is C26H32N2O5. The molecule has 2 aromatic rings. The summed E-state index contributed by atoms with van der Waals surface area (Å²) >= 11 is 0. The molecule has 7 nitrogen and oxygen atoms in total. The van der Waals surface area contributed by atoms with Crippen molar-refractivity contribution in [2.45, 2.75) is 57.5 Å². The van der Waals surface area contributed by atoms with Crippen molar-refractivity contribution in [2.24, 2.45) is 0 Å². The Morgan fingerprint density at radius 2 is 1.61 bits per heavy atom. The van der Waals surface area contributed by atoms with Crippen molar-refractivity contribution >= 4 is 18.0 Å². The number of nitrogens with zero attached hydrogens (tertiary/aromatic N) is 1. The molecule has 2 N–H and O–H groups in total. The Kier molecular flexibility index (Phi) is 7.41. The zero-order valence-electron chi connectivity index (χ0n) is 19.6. The molecule has 0 fully saturated rings. The van der Waals surface area contributed by atoms with E-state index in [0.717, 1.165) is 28.7 Å². The van der Waals surface area contributed by atoms with Gasteiger partial charge in [-0.25, -0.2) is 9.59 Å². The molecule has 3 rings (SSSR count). The maximum absolute atomic E-state index is 12.7. The maximum atomic E-state index is 12.7. The predicted octanol–water partition coefficient (Wildman–Crippen LogP) is 4.41. The molecule has 0 bridgehead atoms. The first-order valence-electron chi connectivity index (χ1n) is 11.3. The lowest BCUT2D eigenvalue weighted by Crippen LogP contribution is -2.52. The second-order valence-corrected chi connectivity index (χ2v) is 8.98. The van der Waals surface area contributed by atoms with Crippen LogP contribution in [0.3, 0.4) is 0 Å². The molecule has 1 aliphatic carbocycles. The van der Waals surface area contributed by atoms with Crippen LogP contribution in [-0.2, 0) is 14.3 Å². The molecule has 0 aromatic heterocycles. The van der Waals surface area contributed by atoms with Gasteiger partial charge in [0.2, 0.25) is 5.91 Å². The summed E-state index contributed by atoms with van der Waals surface area (Å²) < 4.78 is 5.59. The topological polar surface area (TPSA) is 95.9 Å². The van der Waals surface area contributed by atoms with E-state index in [1.165, 1.54) is 25.8 Å². The normalized spacial score (nSPS) is 13.6. The molecule has 33 heavy (non-hydrogen) atoms. The largest absolute Gasteiger partial charge is 0.480 e. The molecule has 176 valence electrons. The zero-order chi connectivity index (χ0) is 24.2. The van der Waals surface area contributed by atoms with Crippen LogP contribution in [0.2, 0.25) is 0 Å². The number of aliphatic carboxylic acids is 1. The average molecular weight is 453 g/mol. The van der Waals surface area contributed by atoms with Crippen molar-refractivity contribution in [1.29, 1.82) is 0 Å². The molecule has 0 unspecified atom stereocenters. The number of nitrogens with one attached hydrogen (secondary N) is 1. The van der Waals surface area contributed by atoms with Crippen molar-refractivity contribution in [2.75, 3.05) is 13.7 Å². The number of hydrogen-bond acceptors (Lipinski definition) is 4. The first-order valence-corrected chi connectivity index (χ1v) is 11.3. The van der Waals surface area contributed by atoms with Gasteiger partial charge in [0, 0.05) is 25.4 Å². The van der Waals surface area contributed by atoms with Gasteiger partial charge in [0.25, 0.3) is 0 Å². The summed E-state index contributed by atoms with van der Waals surface area (Å²) in [5.74, 6) is -1.48. The molecule has 0 radical (unpaired) electrons. The van der Waals surface area contributed by atoms with Crippen molar-refractivity contribution in [3.05, 3.63) is 59.7 Å². The highest BCUT2D eigenvalue weighted by molar-refractivity contribution is 5.86. The lowest BCUT2D eigenvalue weighted by atomic mass is 9.98. The highest BCUT2D eigenvalue weighted by atomic mass is 16.5. The molecule has 0 saturated heterocycles. The molecule has 1 aliphatic rings. The minimum absolute atomic E-state index is 0.00520. The summed E-state index contributed by atoms with van der Waals surface area (Å²) in [4.78, 5) is 38.0. The van der Waals surface area contributed by atoms with E-state index < -0.39 is 23.6 Å². The van der Waals surface area contributed by atoms with Gasteiger partial charge in [0.1, 0.15) is 12.1 Å². The van der Waals surface area contributed by atoms with Crippen molar-refractivity contribution < 1.29 is 24.2 Å². The molecule has 0 aliphatic heterocycles. The molecule has 2 aromatic carbocycles. The van der Waals surface area contributed by atoms with Crippen LogP contribution in [0.15, 0.2) is 48.5 Å². The second-order valence-electron chi connectivity index (χ2n) is 8.98. The summed E-state index contributed by atoms with van der Waals surface area (Å²) in [6.45, 7) is 5.10. The third-order valence-corrected chi connectivity index (χ3v) is 6.46. The van der Waals surface area contributed by atoms with Gasteiger partial charge in [-0.05, 0) is 42.5 Å². The zero-order valence-corrected chi connectivity index (χ0v) is 19.6. The van der Waals surface area contributed by atoms with Crippen LogP contribution in [0.1, 0.15) is 57.1 Å². The van der Waals surface area contributed by atoms with E-state index in [1.807, 2.05) is 31.2 Å². The molecule has 7 heteroatoms. The lowest BCUT2D eigenvalue weighted by Gasteiger charge is -2.32. The first-order chi connectivity index (χ1) is 15.7. The van der Waals surface area contributed by atoms with E-state index in [2.05, 4.69) is 29.6 Å². The Balaban J connectivity index is 1.63. The highest BCUT2D eigenvalue weighted by Gasteiger charge is 2.36. The molecule has 0 saturated carbocycles. The molecule has 0 heterocycles. The molecule has 2 amide bonds. The molecule has 0 spiro atoms. The average Bonchev–Trinajstić information content (AvgIpc) is 3.11. The van der Waals surface area contributed by atoms with Crippen LogP contribution in [0.25, 0.3) is 11.1 Å². The van der Waals surface area contributed by atoms with Gasteiger partial charge in [-0.3, -0.25) is 4.79 Å². The Labute approximate surface area is 194 Å². The second kappa shape index (κ2) is 10.1. The van der Waals surface area contributed by atoms with Gasteiger partial charge >= 0.3 is 12.1 Å². The Morgan fingerprint density at radius 1 is 1.06 bits per heavy atom. The van der Waals surface area contributed by atoms with Crippen LogP contribution in [0, 0.1) is 0 Å². The lowest BCUT2D eigenvalue weighted by molar-refractivity contribution is -0.155. The van der Waals surface area contributed by atoms with E-state index in [9.17, 15) is 19.5 Å². The number of amides is 2. The maximum Gasteiger partial charge on any atom is 0.407 e.